The molecule has 4 N–H and O–H groups in total. The van der Waals surface area contributed by atoms with Crippen LogP contribution in [0.4, 0.5) is 0 Å². The highest BCUT2D eigenvalue weighted by Gasteiger charge is 2.22. The highest BCUT2D eigenvalue weighted by Crippen LogP contribution is 2.14. The van der Waals surface area contributed by atoms with E-state index in [2.05, 4.69) is 20.8 Å². The predicted octanol–water partition coefficient (Wildman–Crippen LogP) is 0.270. The maximum absolute atomic E-state index is 12.2. The Kier molecular flexibility index (Phi) is 4.40. The van der Waals surface area contributed by atoms with Crippen LogP contribution < -0.4 is 10.6 Å². The first-order valence-electron chi connectivity index (χ1n) is 6.67. The number of carbonyl (C=O) groups excluding carboxylic acids is 2. The van der Waals surface area contributed by atoms with Gasteiger partial charge in [0.05, 0.1) is 5.52 Å². The molecule has 2 atom stereocenters. The zero-order valence-electron chi connectivity index (χ0n) is 12.1. The van der Waals surface area contributed by atoms with Gasteiger partial charge in [0.25, 0.3) is 5.91 Å². The van der Waals surface area contributed by atoms with Gasteiger partial charge in [-0.05, 0) is 19.9 Å². The van der Waals surface area contributed by atoms with Crippen molar-refractivity contribution in [3.05, 3.63) is 30.0 Å². The van der Waals surface area contributed by atoms with Gasteiger partial charge in [-0.1, -0.05) is 18.2 Å². The molecule has 0 aliphatic rings. The molecule has 2 rings (SSSR count). The molecule has 22 heavy (non-hydrogen) atoms. The minimum Gasteiger partial charge on any atom is -0.480 e. The van der Waals surface area contributed by atoms with Crippen LogP contribution in [0.5, 0.6) is 0 Å². The highest BCUT2D eigenvalue weighted by atomic mass is 16.4. The molecule has 0 aliphatic carbocycles. The Morgan fingerprint density at radius 3 is 2.50 bits per heavy atom. The van der Waals surface area contributed by atoms with Gasteiger partial charge in [-0.3, -0.25) is 19.5 Å². The summed E-state index contributed by atoms with van der Waals surface area (Å²) in [6, 6.07) is 5.20. The number of carboxylic acid groups (broad SMARTS) is 1. The van der Waals surface area contributed by atoms with Gasteiger partial charge in [0.15, 0.2) is 5.69 Å². The summed E-state index contributed by atoms with van der Waals surface area (Å²) in [5.41, 5.74) is 0.894. The Hall–Kier alpha value is -2.90. The molecule has 0 spiro atoms. The fourth-order valence-corrected chi connectivity index (χ4v) is 1.87. The molecule has 0 aliphatic heterocycles. The van der Waals surface area contributed by atoms with Crippen LogP contribution in [0.15, 0.2) is 24.3 Å². The van der Waals surface area contributed by atoms with Crippen molar-refractivity contribution >= 4 is 28.7 Å². The molecular formula is C14H16N4O4. The molecule has 0 fully saturated rings. The minimum absolute atomic E-state index is 0.182. The van der Waals surface area contributed by atoms with E-state index in [0.29, 0.717) is 10.9 Å². The van der Waals surface area contributed by atoms with Gasteiger partial charge in [0.2, 0.25) is 5.91 Å². The van der Waals surface area contributed by atoms with Gasteiger partial charge in [0, 0.05) is 5.39 Å². The number of H-pyrrole nitrogens is 1. The zero-order chi connectivity index (χ0) is 16.3. The lowest BCUT2D eigenvalue weighted by molar-refractivity contribution is -0.141. The first kappa shape index (κ1) is 15.5. The Labute approximate surface area is 125 Å². The van der Waals surface area contributed by atoms with Gasteiger partial charge < -0.3 is 15.7 Å². The number of amides is 2. The van der Waals surface area contributed by atoms with Crippen LogP contribution >= 0.6 is 0 Å². The Morgan fingerprint density at radius 2 is 1.82 bits per heavy atom. The second-order valence-corrected chi connectivity index (χ2v) is 4.88. The third-order valence-electron chi connectivity index (χ3n) is 3.16. The van der Waals surface area contributed by atoms with Crippen molar-refractivity contribution in [2.45, 2.75) is 25.9 Å². The molecular weight excluding hydrogens is 288 g/mol. The van der Waals surface area contributed by atoms with Gasteiger partial charge in [0.1, 0.15) is 12.1 Å². The van der Waals surface area contributed by atoms with E-state index in [1.165, 1.54) is 13.8 Å². The van der Waals surface area contributed by atoms with Crippen LogP contribution in [0.3, 0.4) is 0 Å². The van der Waals surface area contributed by atoms with E-state index < -0.39 is 29.9 Å². The smallest absolute Gasteiger partial charge is 0.325 e. The normalized spacial score (nSPS) is 13.4. The van der Waals surface area contributed by atoms with E-state index in [1.807, 2.05) is 6.07 Å². The summed E-state index contributed by atoms with van der Waals surface area (Å²) in [7, 11) is 0. The standard InChI is InChI=1S/C14H16N4O4/c1-7(12(19)16-8(2)14(21)22)15-13(20)11-9-5-3-4-6-10(9)17-18-11/h3-8H,1-2H3,(H,15,20)(H,16,19)(H,17,18)(H,21,22)/t7?,8-/m0/s1. The van der Waals surface area contributed by atoms with E-state index in [1.54, 1.807) is 18.2 Å². The monoisotopic (exact) mass is 304 g/mol. The number of hydrogen-bond acceptors (Lipinski definition) is 4. The third kappa shape index (κ3) is 3.22. The van der Waals surface area contributed by atoms with Gasteiger partial charge in [-0.15, -0.1) is 0 Å². The number of hydrogen-bond donors (Lipinski definition) is 4. The number of carbonyl (C=O) groups is 3. The molecule has 1 aromatic heterocycles. The first-order valence-corrected chi connectivity index (χ1v) is 6.67. The van der Waals surface area contributed by atoms with Crippen LogP contribution in [-0.2, 0) is 9.59 Å². The number of aliphatic carboxylic acids is 1. The lowest BCUT2D eigenvalue weighted by atomic mass is 10.2. The average Bonchev–Trinajstić information content (AvgIpc) is 2.90. The largest absolute Gasteiger partial charge is 0.480 e. The van der Waals surface area contributed by atoms with Crippen molar-refractivity contribution in [2.24, 2.45) is 0 Å². The van der Waals surface area contributed by atoms with Gasteiger partial charge in [-0.2, -0.15) is 5.10 Å². The molecule has 0 saturated heterocycles. The molecule has 0 saturated carbocycles. The number of nitrogens with one attached hydrogen (secondary N) is 3. The number of fused-ring (bicyclic) bond motifs is 1. The number of benzene rings is 1. The zero-order valence-corrected chi connectivity index (χ0v) is 12.1. The molecule has 1 heterocycles. The minimum atomic E-state index is -1.15. The molecule has 116 valence electrons. The quantitative estimate of drug-likeness (QED) is 0.631. The Morgan fingerprint density at radius 1 is 1.14 bits per heavy atom. The fourth-order valence-electron chi connectivity index (χ4n) is 1.87. The third-order valence-corrected chi connectivity index (χ3v) is 3.16. The van der Waals surface area contributed by atoms with Crippen LogP contribution in [0.2, 0.25) is 0 Å². The van der Waals surface area contributed by atoms with Crippen molar-refractivity contribution in [1.29, 1.82) is 0 Å². The van der Waals surface area contributed by atoms with Crippen LogP contribution in [0, 0.1) is 0 Å². The summed E-state index contributed by atoms with van der Waals surface area (Å²) in [4.78, 5) is 34.7. The first-order chi connectivity index (χ1) is 10.4. The molecule has 0 bridgehead atoms. The fraction of sp³-hybridized carbons (Fsp3) is 0.286. The number of para-hydroxylation sites is 1. The summed E-state index contributed by atoms with van der Waals surface area (Å²) in [5.74, 6) is -2.24. The number of aromatic nitrogens is 2. The second kappa shape index (κ2) is 6.25. The Balaban J connectivity index is 2.05. The van der Waals surface area contributed by atoms with Gasteiger partial charge in [-0.25, -0.2) is 0 Å². The summed E-state index contributed by atoms with van der Waals surface area (Å²) < 4.78 is 0. The lowest BCUT2D eigenvalue weighted by Crippen LogP contribution is -2.49. The Bertz CT molecular complexity index is 724. The molecule has 2 aromatic rings. The van der Waals surface area contributed by atoms with Crippen molar-refractivity contribution in [1.82, 2.24) is 20.8 Å². The lowest BCUT2D eigenvalue weighted by Gasteiger charge is -2.15. The maximum atomic E-state index is 12.2. The topological polar surface area (TPSA) is 124 Å². The van der Waals surface area contributed by atoms with E-state index in [0.717, 1.165) is 0 Å². The molecule has 8 nitrogen and oxygen atoms in total. The van der Waals surface area contributed by atoms with Crippen LogP contribution in [0.1, 0.15) is 24.3 Å². The second-order valence-electron chi connectivity index (χ2n) is 4.88. The molecule has 1 unspecified atom stereocenters. The summed E-state index contributed by atoms with van der Waals surface area (Å²) in [6.07, 6.45) is 0. The van der Waals surface area contributed by atoms with Crippen molar-refractivity contribution in [3.63, 3.8) is 0 Å². The molecule has 8 heteroatoms. The summed E-state index contributed by atoms with van der Waals surface area (Å²) in [5, 5.41) is 20.8. The number of nitrogens with zero attached hydrogens (tertiary/aromatic N) is 1. The summed E-state index contributed by atoms with van der Waals surface area (Å²) in [6.45, 7) is 2.81. The molecule has 1 aromatic carbocycles. The van der Waals surface area contributed by atoms with E-state index in [-0.39, 0.29) is 5.69 Å². The average molecular weight is 304 g/mol. The molecule has 2 amide bonds. The number of rotatable bonds is 5. The summed E-state index contributed by atoms with van der Waals surface area (Å²) >= 11 is 0. The van der Waals surface area contributed by atoms with Crippen molar-refractivity contribution < 1.29 is 19.5 Å². The van der Waals surface area contributed by atoms with Crippen molar-refractivity contribution in [3.8, 4) is 0 Å². The highest BCUT2D eigenvalue weighted by molar-refractivity contribution is 6.06. The van der Waals surface area contributed by atoms with E-state index in [4.69, 9.17) is 5.11 Å². The predicted molar refractivity (Wildman–Crippen MR) is 78.3 cm³/mol. The SMILES string of the molecule is CC(NC(=O)c1n[nH]c2ccccc12)C(=O)N[C@@H](C)C(=O)O. The number of carboxylic acids is 1. The van der Waals surface area contributed by atoms with E-state index in [9.17, 15) is 14.4 Å². The van der Waals surface area contributed by atoms with E-state index >= 15 is 0 Å². The van der Waals surface area contributed by atoms with Gasteiger partial charge >= 0.3 is 5.97 Å². The van der Waals surface area contributed by atoms with Crippen LogP contribution in [0.25, 0.3) is 10.9 Å². The maximum Gasteiger partial charge on any atom is 0.325 e. The van der Waals surface area contributed by atoms with Crippen LogP contribution in [-0.4, -0.2) is 45.2 Å². The van der Waals surface area contributed by atoms with Crippen molar-refractivity contribution in [2.75, 3.05) is 0 Å². The molecule has 0 radical (unpaired) electrons. The number of aromatic amines is 1.